The van der Waals surface area contributed by atoms with Crippen molar-refractivity contribution in [2.75, 3.05) is 13.7 Å². The van der Waals surface area contributed by atoms with Crippen molar-refractivity contribution >= 4 is 5.69 Å². The highest BCUT2D eigenvalue weighted by Gasteiger charge is 2.12. The van der Waals surface area contributed by atoms with E-state index >= 15 is 0 Å². The molecule has 2 aromatic carbocycles. The van der Waals surface area contributed by atoms with Crippen LogP contribution in [-0.2, 0) is 6.42 Å². The maximum Gasteiger partial charge on any atom is 0.269 e. The average Bonchev–Trinajstić information content (AvgIpc) is 2.53. The van der Waals surface area contributed by atoms with Gasteiger partial charge >= 0.3 is 0 Å². The average molecular weight is 286 g/mol. The molecule has 0 bridgehead atoms. The molecule has 5 heteroatoms. The van der Waals surface area contributed by atoms with Gasteiger partial charge in [-0.15, -0.1) is 0 Å². The molecule has 0 spiro atoms. The van der Waals surface area contributed by atoms with Crippen LogP contribution >= 0.6 is 0 Å². The first kappa shape index (κ1) is 15.0. The Bertz CT molecular complexity index is 611. The van der Waals surface area contributed by atoms with Gasteiger partial charge in [0.05, 0.1) is 12.0 Å². The summed E-state index contributed by atoms with van der Waals surface area (Å²) in [5.74, 6) is 0.955. The predicted molar refractivity (Wildman–Crippen MR) is 81.6 cm³/mol. The molecule has 0 aliphatic carbocycles. The summed E-state index contributed by atoms with van der Waals surface area (Å²) in [6, 6.07) is 14.4. The molecule has 21 heavy (non-hydrogen) atoms. The lowest BCUT2D eigenvalue weighted by Crippen LogP contribution is -2.15. The van der Waals surface area contributed by atoms with Crippen LogP contribution in [0, 0.1) is 10.1 Å². The third kappa shape index (κ3) is 3.79. The van der Waals surface area contributed by atoms with Gasteiger partial charge in [0.15, 0.2) is 0 Å². The van der Waals surface area contributed by atoms with Crippen molar-refractivity contribution in [3.05, 3.63) is 69.8 Å². The van der Waals surface area contributed by atoms with E-state index in [1.165, 1.54) is 12.1 Å². The zero-order chi connectivity index (χ0) is 15.2. The van der Waals surface area contributed by atoms with E-state index in [4.69, 9.17) is 10.5 Å². The fraction of sp³-hybridized carbons (Fsp3) is 0.250. The summed E-state index contributed by atoms with van der Waals surface area (Å²) in [4.78, 5) is 10.3. The van der Waals surface area contributed by atoms with Crippen LogP contribution in [0.4, 0.5) is 5.69 Å². The van der Waals surface area contributed by atoms with Crippen LogP contribution in [0.1, 0.15) is 17.0 Å². The van der Waals surface area contributed by atoms with Crippen molar-refractivity contribution in [3.8, 4) is 5.75 Å². The van der Waals surface area contributed by atoms with E-state index in [2.05, 4.69) is 0 Å². The van der Waals surface area contributed by atoms with E-state index < -0.39 is 4.92 Å². The molecular weight excluding hydrogens is 268 g/mol. The SMILES string of the molecule is COc1cccc(C(CN)Cc2ccc([N+](=O)[O-])cc2)c1. The normalized spacial score (nSPS) is 11.9. The van der Waals surface area contributed by atoms with Gasteiger partial charge in [0.2, 0.25) is 0 Å². The molecule has 0 saturated carbocycles. The van der Waals surface area contributed by atoms with Crippen molar-refractivity contribution in [1.82, 2.24) is 0 Å². The molecular formula is C16H18N2O3. The lowest BCUT2D eigenvalue weighted by Gasteiger charge is -2.16. The number of nitrogens with zero attached hydrogens (tertiary/aromatic N) is 1. The summed E-state index contributed by atoms with van der Waals surface area (Å²) in [7, 11) is 1.63. The van der Waals surface area contributed by atoms with E-state index in [1.807, 2.05) is 24.3 Å². The van der Waals surface area contributed by atoms with Gasteiger partial charge in [-0.1, -0.05) is 24.3 Å². The smallest absolute Gasteiger partial charge is 0.269 e. The number of rotatable bonds is 6. The van der Waals surface area contributed by atoms with E-state index in [0.717, 1.165) is 23.3 Å². The molecule has 2 rings (SSSR count). The zero-order valence-electron chi connectivity index (χ0n) is 11.9. The highest BCUT2D eigenvalue weighted by Crippen LogP contribution is 2.24. The van der Waals surface area contributed by atoms with Crippen molar-refractivity contribution in [2.45, 2.75) is 12.3 Å². The number of nitro benzene ring substituents is 1. The molecule has 0 aromatic heterocycles. The lowest BCUT2D eigenvalue weighted by atomic mass is 9.92. The van der Waals surface area contributed by atoms with E-state index in [1.54, 1.807) is 19.2 Å². The summed E-state index contributed by atoms with van der Waals surface area (Å²) in [5.41, 5.74) is 8.11. The monoisotopic (exact) mass is 286 g/mol. The summed E-state index contributed by atoms with van der Waals surface area (Å²) in [5, 5.41) is 10.7. The third-order valence-corrected chi connectivity index (χ3v) is 3.48. The molecule has 2 aromatic rings. The maximum atomic E-state index is 10.7. The second-order valence-electron chi connectivity index (χ2n) is 4.84. The lowest BCUT2D eigenvalue weighted by molar-refractivity contribution is -0.384. The van der Waals surface area contributed by atoms with Crippen LogP contribution in [0.3, 0.4) is 0 Å². The van der Waals surface area contributed by atoms with Crippen molar-refractivity contribution in [1.29, 1.82) is 0 Å². The molecule has 110 valence electrons. The Kier molecular flexibility index (Phi) is 4.90. The highest BCUT2D eigenvalue weighted by molar-refractivity contribution is 5.35. The fourth-order valence-electron chi connectivity index (χ4n) is 2.27. The summed E-state index contributed by atoms with van der Waals surface area (Å²) in [6.07, 6.45) is 0.738. The summed E-state index contributed by atoms with van der Waals surface area (Å²) in [6.45, 7) is 0.504. The number of non-ortho nitro benzene ring substituents is 1. The molecule has 0 aliphatic heterocycles. The van der Waals surface area contributed by atoms with Crippen LogP contribution in [0.25, 0.3) is 0 Å². The molecule has 0 amide bonds. The van der Waals surface area contributed by atoms with E-state index in [9.17, 15) is 10.1 Å². The van der Waals surface area contributed by atoms with E-state index in [0.29, 0.717) is 6.54 Å². The second kappa shape index (κ2) is 6.85. The molecule has 0 aliphatic rings. The Morgan fingerprint density at radius 3 is 2.52 bits per heavy atom. The number of ether oxygens (including phenoxy) is 1. The van der Waals surface area contributed by atoms with Gasteiger partial charge in [-0.2, -0.15) is 0 Å². The van der Waals surface area contributed by atoms with Crippen LogP contribution < -0.4 is 10.5 Å². The van der Waals surface area contributed by atoms with Gasteiger partial charge in [-0.25, -0.2) is 0 Å². The Balaban J connectivity index is 2.16. The van der Waals surface area contributed by atoms with E-state index in [-0.39, 0.29) is 11.6 Å². The quantitative estimate of drug-likeness (QED) is 0.654. The van der Waals surface area contributed by atoms with Gasteiger partial charge in [-0.05, 0) is 36.2 Å². The Morgan fingerprint density at radius 2 is 1.95 bits per heavy atom. The Labute approximate surface area is 123 Å². The number of nitro groups is 1. The number of hydrogen-bond donors (Lipinski definition) is 1. The number of benzene rings is 2. The van der Waals surface area contributed by atoms with Crippen molar-refractivity contribution in [3.63, 3.8) is 0 Å². The molecule has 0 radical (unpaired) electrons. The first-order valence-electron chi connectivity index (χ1n) is 6.71. The maximum absolute atomic E-state index is 10.7. The Hall–Kier alpha value is -2.40. The van der Waals surface area contributed by atoms with Crippen molar-refractivity contribution < 1.29 is 9.66 Å². The minimum atomic E-state index is -0.397. The number of nitrogens with two attached hydrogens (primary N) is 1. The minimum Gasteiger partial charge on any atom is -0.497 e. The van der Waals surface area contributed by atoms with Gasteiger partial charge < -0.3 is 10.5 Å². The molecule has 1 unspecified atom stereocenters. The first-order chi connectivity index (χ1) is 10.1. The predicted octanol–water partition coefficient (Wildman–Crippen LogP) is 2.89. The zero-order valence-corrected chi connectivity index (χ0v) is 11.9. The van der Waals surface area contributed by atoms with Crippen LogP contribution in [-0.4, -0.2) is 18.6 Å². The van der Waals surface area contributed by atoms with Crippen LogP contribution in [0.2, 0.25) is 0 Å². The van der Waals surface area contributed by atoms with Gasteiger partial charge in [-0.3, -0.25) is 10.1 Å². The standard InChI is InChI=1S/C16H18N2O3/c1-21-16-4-2-3-13(10-16)14(11-17)9-12-5-7-15(8-6-12)18(19)20/h2-8,10,14H,9,11,17H2,1H3. The van der Waals surface area contributed by atoms with Gasteiger partial charge in [0.25, 0.3) is 5.69 Å². The fourth-order valence-corrected chi connectivity index (χ4v) is 2.27. The highest BCUT2D eigenvalue weighted by atomic mass is 16.6. The minimum absolute atomic E-state index is 0.101. The third-order valence-electron chi connectivity index (χ3n) is 3.48. The number of methoxy groups -OCH3 is 1. The van der Waals surface area contributed by atoms with Crippen molar-refractivity contribution in [2.24, 2.45) is 5.73 Å². The second-order valence-corrected chi connectivity index (χ2v) is 4.84. The van der Waals surface area contributed by atoms with Crippen LogP contribution in [0.15, 0.2) is 48.5 Å². The first-order valence-corrected chi connectivity index (χ1v) is 6.71. The molecule has 1 atom stereocenters. The summed E-state index contributed by atoms with van der Waals surface area (Å²) < 4.78 is 5.23. The molecule has 5 nitrogen and oxygen atoms in total. The number of hydrogen-bond acceptors (Lipinski definition) is 4. The largest absolute Gasteiger partial charge is 0.497 e. The van der Waals surface area contributed by atoms with Gasteiger partial charge in [0, 0.05) is 18.1 Å². The Morgan fingerprint density at radius 1 is 1.24 bits per heavy atom. The van der Waals surface area contributed by atoms with Gasteiger partial charge in [0.1, 0.15) is 5.75 Å². The summed E-state index contributed by atoms with van der Waals surface area (Å²) >= 11 is 0. The van der Waals surface area contributed by atoms with Crippen LogP contribution in [0.5, 0.6) is 5.75 Å². The molecule has 0 fully saturated rings. The molecule has 2 N–H and O–H groups in total. The topological polar surface area (TPSA) is 78.4 Å². The molecule has 0 saturated heterocycles. The molecule has 0 heterocycles.